The maximum atomic E-state index is 11.0. The second kappa shape index (κ2) is 4.58. The number of ether oxygens (including phenoxy) is 2. The minimum absolute atomic E-state index is 0.437. The molecule has 1 fully saturated rings. The minimum Gasteiger partial charge on any atom is -0.479 e. The molecular formula is C9H16O4. The highest BCUT2D eigenvalue weighted by Gasteiger charge is 2.39. The third kappa shape index (κ3) is 2.42. The van der Waals surface area contributed by atoms with Crippen LogP contribution in [0.5, 0.6) is 0 Å². The Balaban J connectivity index is 2.67. The normalized spacial score (nSPS) is 29.6. The van der Waals surface area contributed by atoms with Gasteiger partial charge in [0.1, 0.15) is 0 Å². The highest BCUT2D eigenvalue weighted by atomic mass is 16.5. The van der Waals surface area contributed by atoms with Crippen LogP contribution < -0.4 is 0 Å². The first kappa shape index (κ1) is 10.5. The van der Waals surface area contributed by atoms with Crippen molar-refractivity contribution in [2.24, 2.45) is 0 Å². The molecular weight excluding hydrogens is 172 g/mol. The van der Waals surface area contributed by atoms with Crippen LogP contribution in [0, 0.1) is 0 Å². The minimum atomic E-state index is -0.995. The number of carboxylic acids is 1. The Kier molecular flexibility index (Phi) is 3.69. The monoisotopic (exact) mass is 188 g/mol. The van der Waals surface area contributed by atoms with E-state index in [1.165, 1.54) is 0 Å². The van der Waals surface area contributed by atoms with E-state index in [0.717, 1.165) is 6.42 Å². The molecule has 1 atom stereocenters. The van der Waals surface area contributed by atoms with E-state index in [2.05, 4.69) is 0 Å². The van der Waals surface area contributed by atoms with Gasteiger partial charge in [0.15, 0.2) is 5.60 Å². The van der Waals surface area contributed by atoms with E-state index in [4.69, 9.17) is 14.6 Å². The van der Waals surface area contributed by atoms with Crippen molar-refractivity contribution in [1.82, 2.24) is 0 Å². The summed E-state index contributed by atoms with van der Waals surface area (Å²) in [6.45, 7) is 3.37. The first-order chi connectivity index (χ1) is 6.21. The zero-order valence-corrected chi connectivity index (χ0v) is 7.91. The molecule has 1 unspecified atom stereocenters. The summed E-state index contributed by atoms with van der Waals surface area (Å²) in [4.78, 5) is 11.0. The van der Waals surface area contributed by atoms with Crippen molar-refractivity contribution in [3.8, 4) is 0 Å². The predicted octanol–water partition coefficient (Wildman–Crippen LogP) is 1.05. The lowest BCUT2D eigenvalue weighted by Crippen LogP contribution is -2.41. The van der Waals surface area contributed by atoms with Gasteiger partial charge >= 0.3 is 5.97 Å². The van der Waals surface area contributed by atoms with Crippen LogP contribution in [0.2, 0.25) is 0 Å². The number of carboxylic acid groups (broad SMARTS) is 1. The topological polar surface area (TPSA) is 55.8 Å². The third-order valence-corrected chi connectivity index (χ3v) is 2.33. The van der Waals surface area contributed by atoms with Crippen LogP contribution in [0.3, 0.4) is 0 Å². The maximum absolute atomic E-state index is 11.0. The molecule has 0 aromatic heterocycles. The van der Waals surface area contributed by atoms with Gasteiger partial charge in [-0.3, -0.25) is 0 Å². The van der Waals surface area contributed by atoms with Crippen molar-refractivity contribution in [1.29, 1.82) is 0 Å². The molecule has 0 spiro atoms. The molecule has 1 heterocycles. The fourth-order valence-corrected chi connectivity index (χ4v) is 1.62. The number of rotatable bonds is 3. The van der Waals surface area contributed by atoms with Crippen molar-refractivity contribution < 1.29 is 19.4 Å². The molecule has 0 aromatic carbocycles. The lowest BCUT2D eigenvalue weighted by atomic mass is 9.95. The van der Waals surface area contributed by atoms with Crippen LogP contribution >= 0.6 is 0 Å². The standard InChI is InChI=1S/C9H16O4/c1-2-13-9(8(10)11)4-3-6-12-7-5-9/h2-7H2,1H3,(H,10,11). The molecule has 0 radical (unpaired) electrons. The molecule has 4 nitrogen and oxygen atoms in total. The molecule has 0 aromatic rings. The van der Waals surface area contributed by atoms with Gasteiger partial charge in [-0.2, -0.15) is 0 Å². The molecule has 0 bridgehead atoms. The molecule has 13 heavy (non-hydrogen) atoms. The van der Waals surface area contributed by atoms with Gasteiger partial charge in [-0.15, -0.1) is 0 Å². The largest absolute Gasteiger partial charge is 0.479 e. The second-order valence-electron chi connectivity index (χ2n) is 3.20. The van der Waals surface area contributed by atoms with Crippen molar-refractivity contribution in [3.05, 3.63) is 0 Å². The van der Waals surface area contributed by atoms with Crippen molar-refractivity contribution in [2.75, 3.05) is 19.8 Å². The second-order valence-corrected chi connectivity index (χ2v) is 3.20. The lowest BCUT2D eigenvalue weighted by Gasteiger charge is -2.26. The van der Waals surface area contributed by atoms with E-state index >= 15 is 0 Å². The summed E-state index contributed by atoms with van der Waals surface area (Å²) in [6, 6.07) is 0. The van der Waals surface area contributed by atoms with Crippen LogP contribution in [0.25, 0.3) is 0 Å². The summed E-state index contributed by atoms with van der Waals surface area (Å²) in [5.41, 5.74) is -0.995. The van der Waals surface area contributed by atoms with Crippen LogP contribution in [-0.4, -0.2) is 36.5 Å². The Morgan fingerprint density at radius 1 is 1.54 bits per heavy atom. The highest BCUT2D eigenvalue weighted by molar-refractivity contribution is 5.77. The molecule has 1 saturated heterocycles. The number of hydrogen-bond donors (Lipinski definition) is 1. The molecule has 1 aliphatic heterocycles. The fourth-order valence-electron chi connectivity index (χ4n) is 1.62. The van der Waals surface area contributed by atoms with Crippen molar-refractivity contribution in [3.63, 3.8) is 0 Å². The Labute approximate surface area is 77.8 Å². The van der Waals surface area contributed by atoms with E-state index in [9.17, 15) is 4.79 Å². The van der Waals surface area contributed by atoms with Gasteiger partial charge in [0.25, 0.3) is 0 Å². The summed E-state index contributed by atoms with van der Waals surface area (Å²) in [6.07, 6.45) is 1.76. The maximum Gasteiger partial charge on any atom is 0.336 e. The van der Waals surface area contributed by atoms with Gasteiger partial charge in [-0.25, -0.2) is 4.79 Å². The average Bonchev–Trinajstić information content (AvgIpc) is 2.31. The molecule has 0 aliphatic carbocycles. The third-order valence-electron chi connectivity index (χ3n) is 2.33. The zero-order valence-electron chi connectivity index (χ0n) is 7.91. The predicted molar refractivity (Wildman–Crippen MR) is 46.7 cm³/mol. The molecule has 76 valence electrons. The number of aliphatic carboxylic acids is 1. The SMILES string of the molecule is CCOC1(C(=O)O)CCCOCC1. The fraction of sp³-hybridized carbons (Fsp3) is 0.889. The molecule has 1 N–H and O–H groups in total. The first-order valence-electron chi connectivity index (χ1n) is 4.66. The summed E-state index contributed by atoms with van der Waals surface area (Å²) in [5.74, 6) is -0.861. The summed E-state index contributed by atoms with van der Waals surface area (Å²) < 4.78 is 10.5. The van der Waals surface area contributed by atoms with Gasteiger partial charge < -0.3 is 14.6 Å². The van der Waals surface area contributed by atoms with Gasteiger partial charge in [0.2, 0.25) is 0 Å². The van der Waals surface area contributed by atoms with Gasteiger partial charge in [0.05, 0.1) is 0 Å². The van der Waals surface area contributed by atoms with E-state index in [0.29, 0.717) is 32.7 Å². The molecule has 1 aliphatic rings. The van der Waals surface area contributed by atoms with E-state index < -0.39 is 11.6 Å². The molecule has 0 amide bonds. The summed E-state index contributed by atoms with van der Waals surface area (Å²) >= 11 is 0. The average molecular weight is 188 g/mol. The van der Waals surface area contributed by atoms with E-state index in [1.54, 1.807) is 0 Å². The van der Waals surface area contributed by atoms with Gasteiger partial charge in [0, 0.05) is 26.2 Å². The van der Waals surface area contributed by atoms with Crippen LogP contribution in [0.4, 0.5) is 0 Å². The Hall–Kier alpha value is -0.610. The van der Waals surface area contributed by atoms with E-state index in [-0.39, 0.29) is 0 Å². The van der Waals surface area contributed by atoms with Crippen LogP contribution in [-0.2, 0) is 14.3 Å². The smallest absolute Gasteiger partial charge is 0.336 e. The first-order valence-corrected chi connectivity index (χ1v) is 4.66. The summed E-state index contributed by atoms with van der Waals surface area (Å²) in [5, 5.41) is 9.06. The summed E-state index contributed by atoms with van der Waals surface area (Å²) in [7, 11) is 0. The van der Waals surface area contributed by atoms with Crippen LogP contribution in [0.15, 0.2) is 0 Å². The molecule has 1 rings (SSSR count). The van der Waals surface area contributed by atoms with Crippen LogP contribution in [0.1, 0.15) is 26.2 Å². The molecule has 4 heteroatoms. The lowest BCUT2D eigenvalue weighted by molar-refractivity contribution is -0.167. The van der Waals surface area contributed by atoms with E-state index in [1.807, 2.05) is 6.92 Å². The number of carbonyl (C=O) groups is 1. The zero-order chi connectivity index (χ0) is 9.73. The van der Waals surface area contributed by atoms with Gasteiger partial charge in [-0.05, 0) is 19.8 Å². The van der Waals surface area contributed by atoms with Gasteiger partial charge in [-0.1, -0.05) is 0 Å². The Bertz CT molecular complexity index is 170. The van der Waals surface area contributed by atoms with Crippen molar-refractivity contribution >= 4 is 5.97 Å². The Morgan fingerprint density at radius 3 is 2.92 bits per heavy atom. The molecule has 0 saturated carbocycles. The van der Waals surface area contributed by atoms with Crippen molar-refractivity contribution in [2.45, 2.75) is 31.8 Å². The Morgan fingerprint density at radius 2 is 2.31 bits per heavy atom. The number of hydrogen-bond acceptors (Lipinski definition) is 3. The highest BCUT2D eigenvalue weighted by Crippen LogP contribution is 2.25. The quantitative estimate of drug-likeness (QED) is 0.719.